The zero-order valence-corrected chi connectivity index (χ0v) is 18.6. The molecule has 0 bridgehead atoms. The summed E-state index contributed by atoms with van der Waals surface area (Å²) in [5.41, 5.74) is 1.39. The third kappa shape index (κ3) is 4.03. The predicted molar refractivity (Wildman–Crippen MR) is 127 cm³/mol. The molecule has 1 fully saturated rings. The summed E-state index contributed by atoms with van der Waals surface area (Å²) < 4.78 is 17.5. The van der Waals surface area contributed by atoms with Crippen LogP contribution in [0.15, 0.2) is 59.5 Å². The van der Waals surface area contributed by atoms with Crippen molar-refractivity contribution < 1.29 is 9.18 Å². The van der Waals surface area contributed by atoms with E-state index >= 15 is 0 Å². The summed E-state index contributed by atoms with van der Waals surface area (Å²) in [5, 5.41) is 8.96. The molecule has 1 saturated carbocycles. The van der Waals surface area contributed by atoms with E-state index in [1.54, 1.807) is 24.4 Å². The van der Waals surface area contributed by atoms with Crippen molar-refractivity contribution in [1.82, 2.24) is 19.7 Å². The van der Waals surface area contributed by atoms with Gasteiger partial charge in [0.1, 0.15) is 17.9 Å². The molecule has 5 rings (SSSR count). The molecule has 1 amide bonds. The molecule has 0 saturated heterocycles. The molecule has 1 N–H and O–H groups in total. The number of carbonyl (C=O) groups is 1. The van der Waals surface area contributed by atoms with E-state index in [4.69, 9.17) is 0 Å². The molecular formula is C26H27FN4O2. The molecule has 4 aromatic rings. The topological polar surface area (TPSA) is 68.9 Å². The summed E-state index contributed by atoms with van der Waals surface area (Å²) in [6.07, 6.45) is 6.00. The standard InChI is InChI=1S/C26H27FN4O2/c1-17-8-2-6-12-22(17)29-24(32)16-31-26(33)25-20(14-28-31)19-10-4-7-13-23(19)30(25)15-18-9-3-5-11-21(18)27/h3-5,7,9-11,13-14,17,22H,2,6,8,12,15-16H2,1H3,(H,29,32). The van der Waals surface area contributed by atoms with E-state index in [2.05, 4.69) is 17.3 Å². The molecule has 0 aliphatic heterocycles. The Morgan fingerprint density at radius 3 is 2.67 bits per heavy atom. The van der Waals surface area contributed by atoms with Gasteiger partial charge in [-0.05, 0) is 30.9 Å². The first-order valence-corrected chi connectivity index (χ1v) is 11.5. The van der Waals surface area contributed by atoms with Crippen LogP contribution < -0.4 is 10.9 Å². The van der Waals surface area contributed by atoms with Crippen LogP contribution in [-0.2, 0) is 17.9 Å². The third-order valence-electron chi connectivity index (χ3n) is 6.81. The Kier molecular flexibility index (Phi) is 5.70. The van der Waals surface area contributed by atoms with Gasteiger partial charge in [-0.15, -0.1) is 0 Å². The number of aromatic nitrogens is 3. The van der Waals surface area contributed by atoms with Gasteiger partial charge >= 0.3 is 0 Å². The monoisotopic (exact) mass is 446 g/mol. The molecule has 33 heavy (non-hydrogen) atoms. The van der Waals surface area contributed by atoms with E-state index in [0.717, 1.165) is 30.2 Å². The second-order valence-corrected chi connectivity index (χ2v) is 9.00. The molecule has 7 heteroatoms. The van der Waals surface area contributed by atoms with Crippen molar-refractivity contribution in [2.45, 2.75) is 51.7 Å². The molecule has 2 aromatic heterocycles. The van der Waals surface area contributed by atoms with Crippen LogP contribution in [0.5, 0.6) is 0 Å². The quantitative estimate of drug-likeness (QED) is 0.499. The SMILES string of the molecule is CC1CCCCC1NC(=O)Cn1ncc2c3ccccc3n(Cc3ccccc3F)c2c1=O. The van der Waals surface area contributed by atoms with Crippen LogP contribution in [0, 0.1) is 11.7 Å². The Bertz CT molecular complexity index is 1390. The van der Waals surface area contributed by atoms with Gasteiger partial charge < -0.3 is 9.88 Å². The molecular weight excluding hydrogens is 419 g/mol. The Morgan fingerprint density at radius 2 is 1.85 bits per heavy atom. The maximum Gasteiger partial charge on any atom is 0.291 e. The van der Waals surface area contributed by atoms with Gasteiger partial charge in [0, 0.05) is 27.9 Å². The average Bonchev–Trinajstić information content (AvgIpc) is 3.13. The van der Waals surface area contributed by atoms with Crippen molar-refractivity contribution >= 4 is 27.7 Å². The molecule has 6 nitrogen and oxygen atoms in total. The Morgan fingerprint density at radius 1 is 1.09 bits per heavy atom. The summed E-state index contributed by atoms with van der Waals surface area (Å²) in [6.45, 7) is 2.22. The lowest BCUT2D eigenvalue weighted by Crippen LogP contribution is -2.43. The predicted octanol–water partition coefficient (Wildman–Crippen LogP) is 4.23. The molecule has 0 radical (unpaired) electrons. The van der Waals surface area contributed by atoms with Gasteiger partial charge in [-0.2, -0.15) is 5.10 Å². The number of nitrogens with zero attached hydrogens (tertiary/aromatic N) is 3. The fourth-order valence-corrected chi connectivity index (χ4v) is 4.99. The van der Waals surface area contributed by atoms with Crippen molar-refractivity contribution in [3.8, 4) is 0 Å². The molecule has 2 aromatic carbocycles. The second kappa shape index (κ2) is 8.81. The van der Waals surface area contributed by atoms with Crippen molar-refractivity contribution in [3.05, 3.63) is 76.5 Å². The number of para-hydroxylation sites is 1. The Labute approximate surface area is 191 Å². The van der Waals surface area contributed by atoms with Gasteiger partial charge in [0.2, 0.25) is 5.91 Å². The van der Waals surface area contributed by atoms with E-state index in [0.29, 0.717) is 22.4 Å². The van der Waals surface area contributed by atoms with Crippen LogP contribution in [0.2, 0.25) is 0 Å². The molecule has 1 aliphatic rings. The van der Waals surface area contributed by atoms with E-state index in [9.17, 15) is 14.0 Å². The number of nitrogens with one attached hydrogen (secondary N) is 1. The van der Waals surface area contributed by atoms with Crippen molar-refractivity contribution in [1.29, 1.82) is 0 Å². The molecule has 2 atom stereocenters. The first kappa shape index (κ1) is 21.4. The lowest BCUT2D eigenvalue weighted by Gasteiger charge is -2.29. The first-order chi connectivity index (χ1) is 16.0. The van der Waals surface area contributed by atoms with Crippen LogP contribution in [0.25, 0.3) is 21.8 Å². The summed E-state index contributed by atoms with van der Waals surface area (Å²) in [5.74, 6) is -0.101. The van der Waals surface area contributed by atoms with Gasteiger partial charge in [0.25, 0.3) is 5.56 Å². The number of hydrogen-bond donors (Lipinski definition) is 1. The number of fused-ring (bicyclic) bond motifs is 3. The number of hydrogen-bond acceptors (Lipinski definition) is 3. The summed E-state index contributed by atoms with van der Waals surface area (Å²) in [6, 6.07) is 14.3. The van der Waals surface area contributed by atoms with Crippen LogP contribution in [0.3, 0.4) is 0 Å². The van der Waals surface area contributed by atoms with Crippen LogP contribution in [0.1, 0.15) is 38.2 Å². The van der Waals surface area contributed by atoms with Gasteiger partial charge in [-0.1, -0.05) is 56.2 Å². The highest BCUT2D eigenvalue weighted by molar-refractivity contribution is 6.07. The van der Waals surface area contributed by atoms with Crippen molar-refractivity contribution in [3.63, 3.8) is 0 Å². The zero-order chi connectivity index (χ0) is 22.9. The van der Waals surface area contributed by atoms with Gasteiger partial charge in [-0.25, -0.2) is 9.07 Å². The van der Waals surface area contributed by atoms with Crippen LogP contribution >= 0.6 is 0 Å². The number of amides is 1. The lowest BCUT2D eigenvalue weighted by atomic mass is 9.86. The number of halogens is 1. The van der Waals surface area contributed by atoms with Gasteiger partial charge in [0.05, 0.1) is 12.7 Å². The normalized spacial score (nSPS) is 18.6. The minimum atomic E-state index is -0.355. The molecule has 1 aliphatic carbocycles. The van der Waals surface area contributed by atoms with Crippen LogP contribution in [-0.4, -0.2) is 26.3 Å². The number of carbonyl (C=O) groups excluding carboxylic acids is 1. The van der Waals surface area contributed by atoms with Gasteiger partial charge in [-0.3, -0.25) is 9.59 Å². The van der Waals surface area contributed by atoms with E-state index < -0.39 is 0 Å². The second-order valence-electron chi connectivity index (χ2n) is 9.00. The first-order valence-electron chi connectivity index (χ1n) is 11.5. The maximum absolute atomic E-state index is 14.4. The summed E-state index contributed by atoms with van der Waals surface area (Å²) >= 11 is 0. The zero-order valence-electron chi connectivity index (χ0n) is 18.6. The van der Waals surface area contributed by atoms with E-state index in [-0.39, 0.29) is 36.4 Å². The van der Waals surface area contributed by atoms with Gasteiger partial charge in [0.15, 0.2) is 0 Å². The minimum absolute atomic E-state index is 0.137. The Hall–Kier alpha value is -3.48. The van der Waals surface area contributed by atoms with E-state index in [1.807, 2.05) is 28.8 Å². The lowest BCUT2D eigenvalue weighted by molar-refractivity contribution is -0.123. The van der Waals surface area contributed by atoms with E-state index in [1.165, 1.54) is 17.2 Å². The minimum Gasteiger partial charge on any atom is -0.351 e. The largest absolute Gasteiger partial charge is 0.351 e. The summed E-state index contributed by atoms with van der Waals surface area (Å²) in [4.78, 5) is 26.2. The highest BCUT2D eigenvalue weighted by Crippen LogP contribution is 2.28. The fraction of sp³-hybridized carbons (Fsp3) is 0.346. The van der Waals surface area contributed by atoms with Crippen molar-refractivity contribution in [2.24, 2.45) is 5.92 Å². The number of benzene rings is 2. The highest BCUT2D eigenvalue weighted by atomic mass is 19.1. The molecule has 0 spiro atoms. The fourth-order valence-electron chi connectivity index (χ4n) is 4.99. The Balaban J connectivity index is 1.54. The number of rotatable bonds is 5. The third-order valence-corrected chi connectivity index (χ3v) is 6.81. The highest BCUT2D eigenvalue weighted by Gasteiger charge is 2.24. The van der Waals surface area contributed by atoms with Crippen molar-refractivity contribution in [2.75, 3.05) is 0 Å². The molecule has 2 heterocycles. The molecule has 170 valence electrons. The smallest absolute Gasteiger partial charge is 0.291 e. The molecule has 2 unspecified atom stereocenters. The van der Waals surface area contributed by atoms with Crippen LogP contribution in [0.4, 0.5) is 4.39 Å². The maximum atomic E-state index is 14.4. The summed E-state index contributed by atoms with van der Waals surface area (Å²) in [7, 11) is 0. The average molecular weight is 447 g/mol.